The van der Waals surface area contributed by atoms with Gasteiger partial charge in [0.1, 0.15) is 0 Å². The molecule has 0 unspecified atom stereocenters. The van der Waals surface area contributed by atoms with Crippen LogP contribution in [0.5, 0.6) is 0 Å². The highest BCUT2D eigenvalue weighted by atomic mass is 16.1. The van der Waals surface area contributed by atoms with Gasteiger partial charge >= 0.3 is 0 Å². The van der Waals surface area contributed by atoms with E-state index in [2.05, 4.69) is 38.6 Å². The average Bonchev–Trinajstić information content (AvgIpc) is 2.75. The molecular weight excluding hydrogens is 350 g/mol. The summed E-state index contributed by atoms with van der Waals surface area (Å²) in [7, 11) is 0. The number of nitrogens with one attached hydrogen (secondary N) is 2. The Morgan fingerprint density at radius 3 is 2.46 bits per heavy atom. The predicted molar refractivity (Wildman–Crippen MR) is 111 cm³/mol. The van der Waals surface area contributed by atoms with Gasteiger partial charge in [0.25, 0.3) is 5.91 Å². The van der Waals surface area contributed by atoms with Gasteiger partial charge < -0.3 is 10.6 Å². The largest absolute Gasteiger partial charge is 0.324 e. The molecule has 2 N–H and O–H groups in total. The van der Waals surface area contributed by atoms with Crippen LogP contribution in [0, 0.1) is 0 Å². The van der Waals surface area contributed by atoms with Gasteiger partial charge in [-0.3, -0.25) is 9.78 Å². The molecule has 0 aliphatic rings. The molecule has 138 valence electrons. The van der Waals surface area contributed by atoms with Gasteiger partial charge in [-0.2, -0.15) is 0 Å². The number of pyridine rings is 1. The van der Waals surface area contributed by atoms with Crippen molar-refractivity contribution in [3.63, 3.8) is 0 Å². The number of benzene rings is 2. The van der Waals surface area contributed by atoms with Crippen LogP contribution in [-0.4, -0.2) is 20.9 Å². The number of para-hydroxylation sites is 2. The first-order chi connectivity index (χ1) is 13.7. The van der Waals surface area contributed by atoms with Gasteiger partial charge in [-0.1, -0.05) is 43.3 Å². The van der Waals surface area contributed by atoms with Crippen LogP contribution < -0.4 is 10.6 Å². The number of nitrogens with zero attached hydrogens (tertiary/aromatic N) is 3. The zero-order chi connectivity index (χ0) is 19.3. The summed E-state index contributed by atoms with van der Waals surface area (Å²) in [6.45, 7) is 2.09. The maximum absolute atomic E-state index is 12.6. The molecule has 0 aliphatic carbocycles. The van der Waals surface area contributed by atoms with E-state index in [0.29, 0.717) is 17.2 Å². The van der Waals surface area contributed by atoms with Crippen LogP contribution in [0.25, 0.3) is 10.9 Å². The van der Waals surface area contributed by atoms with Crippen molar-refractivity contribution in [2.45, 2.75) is 13.3 Å². The number of fused-ring (bicyclic) bond motifs is 1. The lowest BCUT2D eigenvalue weighted by Gasteiger charge is -2.10. The molecule has 0 spiro atoms. The van der Waals surface area contributed by atoms with Gasteiger partial charge in [-0.25, -0.2) is 9.97 Å². The first-order valence-electron chi connectivity index (χ1n) is 9.06. The molecule has 4 rings (SSSR count). The molecule has 2 aromatic heterocycles. The third-order valence-corrected chi connectivity index (χ3v) is 4.44. The Labute approximate surface area is 162 Å². The Kier molecular flexibility index (Phi) is 4.93. The smallest absolute Gasteiger partial charge is 0.258 e. The fourth-order valence-electron chi connectivity index (χ4n) is 2.98. The minimum atomic E-state index is -0.279. The number of carbonyl (C=O) groups excluding carboxylic acids is 1. The Balaban J connectivity index is 1.51. The zero-order valence-corrected chi connectivity index (χ0v) is 15.4. The van der Waals surface area contributed by atoms with Crippen LogP contribution in [-0.2, 0) is 6.42 Å². The molecule has 0 fully saturated rings. The number of anilines is 3. The monoisotopic (exact) mass is 369 g/mol. The molecule has 0 aliphatic heterocycles. The second-order valence-corrected chi connectivity index (χ2v) is 6.27. The number of rotatable bonds is 5. The van der Waals surface area contributed by atoms with E-state index >= 15 is 0 Å². The maximum atomic E-state index is 12.6. The van der Waals surface area contributed by atoms with E-state index in [9.17, 15) is 4.79 Å². The quantitative estimate of drug-likeness (QED) is 0.538. The van der Waals surface area contributed by atoms with E-state index < -0.39 is 0 Å². The minimum absolute atomic E-state index is 0.279. The Morgan fingerprint density at radius 1 is 0.893 bits per heavy atom. The summed E-state index contributed by atoms with van der Waals surface area (Å²) in [4.78, 5) is 25.5. The van der Waals surface area contributed by atoms with E-state index in [1.165, 1.54) is 18.0 Å². The summed E-state index contributed by atoms with van der Waals surface area (Å²) in [5.41, 5.74) is 3.92. The molecule has 0 radical (unpaired) electrons. The molecule has 4 aromatic rings. The molecular formula is C22H19N5O. The molecule has 0 atom stereocenters. The molecule has 0 bridgehead atoms. The van der Waals surface area contributed by atoms with Crippen LogP contribution in [0.4, 0.5) is 17.3 Å². The Hall–Kier alpha value is -3.80. The van der Waals surface area contributed by atoms with E-state index in [4.69, 9.17) is 0 Å². The number of carbonyl (C=O) groups is 1. The van der Waals surface area contributed by atoms with Crippen LogP contribution in [0.2, 0.25) is 0 Å². The molecule has 0 saturated heterocycles. The number of aryl methyl sites for hydroxylation is 1. The highest BCUT2D eigenvalue weighted by Gasteiger charge is 2.11. The summed E-state index contributed by atoms with van der Waals surface area (Å²) in [6, 6.07) is 17.5. The number of hydrogen-bond donors (Lipinski definition) is 2. The van der Waals surface area contributed by atoms with Gasteiger partial charge in [-0.15, -0.1) is 0 Å². The van der Waals surface area contributed by atoms with Crippen molar-refractivity contribution in [2.24, 2.45) is 0 Å². The summed E-state index contributed by atoms with van der Waals surface area (Å²) in [5, 5.41) is 7.05. The normalized spacial score (nSPS) is 10.6. The van der Waals surface area contributed by atoms with Crippen LogP contribution in [0.1, 0.15) is 22.8 Å². The standard InChI is InChI=1S/C22H19N5O/c1-2-15-7-3-4-10-18(15)27-22-24-13-17(14-25-22)21(28)26-19-11-5-8-16-9-6-12-23-20(16)19/h3-14H,2H2,1H3,(H,26,28)(H,24,25,27). The molecule has 0 saturated carbocycles. The van der Waals surface area contributed by atoms with Crippen molar-refractivity contribution < 1.29 is 4.79 Å². The number of amides is 1. The number of aromatic nitrogens is 3. The lowest BCUT2D eigenvalue weighted by molar-refractivity contribution is 0.102. The highest BCUT2D eigenvalue weighted by molar-refractivity contribution is 6.08. The van der Waals surface area contributed by atoms with Crippen LogP contribution in [0.3, 0.4) is 0 Å². The maximum Gasteiger partial charge on any atom is 0.258 e. The van der Waals surface area contributed by atoms with Crippen LogP contribution >= 0.6 is 0 Å². The first-order valence-corrected chi connectivity index (χ1v) is 9.06. The fourth-order valence-corrected chi connectivity index (χ4v) is 2.98. The van der Waals surface area contributed by atoms with Crippen molar-refractivity contribution in [3.05, 3.63) is 84.3 Å². The Morgan fingerprint density at radius 2 is 1.64 bits per heavy atom. The van der Waals surface area contributed by atoms with Gasteiger partial charge in [-0.05, 0) is 30.2 Å². The van der Waals surface area contributed by atoms with Gasteiger partial charge in [0.15, 0.2) is 0 Å². The first kappa shape index (κ1) is 17.6. The van der Waals surface area contributed by atoms with Crippen molar-refractivity contribution in [3.8, 4) is 0 Å². The lowest BCUT2D eigenvalue weighted by Crippen LogP contribution is -2.13. The van der Waals surface area contributed by atoms with E-state index in [1.54, 1.807) is 6.20 Å². The minimum Gasteiger partial charge on any atom is -0.324 e. The van der Waals surface area contributed by atoms with Crippen LogP contribution in [0.15, 0.2) is 73.2 Å². The topological polar surface area (TPSA) is 79.8 Å². The molecule has 2 heterocycles. The molecule has 1 amide bonds. The molecule has 6 nitrogen and oxygen atoms in total. The fraction of sp³-hybridized carbons (Fsp3) is 0.0909. The number of hydrogen-bond acceptors (Lipinski definition) is 5. The SMILES string of the molecule is CCc1ccccc1Nc1ncc(C(=O)Nc2cccc3cccnc23)cn1. The summed E-state index contributed by atoms with van der Waals surface area (Å²) in [5.74, 6) is 0.169. The van der Waals surface area contributed by atoms with Gasteiger partial charge in [0.05, 0.1) is 16.8 Å². The zero-order valence-electron chi connectivity index (χ0n) is 15.4. The summed E-state index contributed by atoms with van der Waals surface area (Å²) >= 11 is 0. The molecule has 6 heteroatoms. The van der Waals surface area contributed by atoms with E-state index in [0.717, 1.165) is 23.0 Å². The third kappa shape index (κ3) is 3.66. The molecule has 28 heavy (non-hydrogen) atoms. The summed E-state index contributed by atoms with van der Waals surface area (Å²) in [6.07, 6.45) is 5.63. The van der Waals surface area contributed by atoms with Crippen molar-refractivity contribution >= 4 is 34.1 Å². The highest BCUT2D eigenvalue weighted by Crippen LogP contribution is 2.22. The average molecular weight is 369 g/mol. The second kappa shape index (κ2) is 7.84. The van der Waals surface area contributed by atoms with Crippen molar-refractivity contribution in [1.29, 1.82) is 0 Å². The van der Waals surface area contributed by atoms with Crippen molar-refractivity contribution in [1.82, 2.24) is 15.0 Å². The van der Waals surface area contributed by atoms with Crippen molar-refractivity contribution in [2.75, 3.05) is 10.6 Å². The summed E-state index contributed by atoms with van der Waals surface area (Å²) < 4.78 is 0. The van der Waals surface area contributed by atoms with E-state index in [1.807, 2.05) is 48.5 Å². The van der Waals surface area contributed by atoms with Gasteiger partial charge in [0, 0.05) is 29.7 Å². The second-order valence-electron chi connectivity index (χ2n) is 6.27. The van der Waals surface area contributed by atoms with E-state index in [-0.39, 0.29) is 5.91 Å². The third-order valence-electron chi connectivity index (χ3n) is 4.44. The lowest BCUT2D eigenvalue weighted by atomic mass is 10.1. The molecule has 2 aromatic carbocycles. The van der Waals surface area contributed by atoms with Gasteiger partial charge in [0.2, 0.25) is 5.95 Å². The predicted octanol–water partition coefficient (Wildman–Crippen LogP) is 4.58. The Bertz CT molecular complexity index is 1120.